The third-order valence-electron chi connectivity index (χ3n) is 4.29. The Morgan fingerprint density at radius 2 is 1.71 bits per heavy atom. The molecule has 2 aromatic carbocycles. The van der Waals surface area contributed by atoms with Crippen LogP contribution in [-0.4, -0.2) is 36.3 Å². The molecule has 0 unspecified atom stereocenters. The zero-order valence-electron chi connectivity index (χ0n) is 16.7. The van der Waals surface area contributed by atoms with Gasteiger partial charge in [0.25, 0.3) is 5.91 Å². The molecule has 0 aliphatic heterocycles. The third kappa shape index (κ3) is 6.27. The maximum atomic E-state index is 12.7. The van der Waals surface area contributed by atoms with Gasteiger partial charge in [-0.3, -0.25) is 9.59 Å². The summed E-state index contributed by atoms with van der Waals surface area (Å²) in [6, 6.07) is 12.7. The van der Waals surface area contributed by atoms with E-state index in [2.05, 4.69) is 24.5 Å². The quantitative estimate of drug-likeness (QED) is 0.624. The molecule has 0 aliphatic carbocycles. The van der Waals surface area contributed by atoms with Gasteiger partial charge in [-0.25, -0.2) is 0 Å². The normalized spacial score (nSPS) is 10.4. The van der Waals surface area contributed by atoms with Gasteiger partial charge >= 0.3 is 0 Å². The summed E-state index contributed by atoms with van der Waals surface area (Å²) in [5.41, 5.74) is 2.97. The fourth-order valence-corrected chi connectivity index (χ4v) is 3.04. The number of halogens is 1. The molecule has 0 bridgehead atoms. The topological polar surface area (TPSA) is 61.4 Å². The fourth-order valence-electron chi connectivity index (χ4n) is 2.86. The van der Waals surface area contributed by atoms with E-state index in [1.165, 1.54) is 0 Å². The molecule has 2 aromatic rings. The van der Waals surface area contributed by atoms with E-state index in [1.807, 2.05) is 36.1 Å². The summed E-state index contributed by atoms with van der Waals surface area (Å²) in [6.45, 7) is 7.61. The van der Waals surface area contributed by atoms with Crippen molar-refractivity contribution in [2.75, 3.05) is 30.3 Å². The standard InChI is InChI=1S/C22H28ClN3O2/c1-4-11-26(12-5-2)22(28)17-7-6-8-18(13-17)24-15-21(27)25-19-10-9-16(3)20(23)14-19/h6-10,13-14,24H,4-5,11-12,15H2,1-3H3,(H,25,27). The lowest BCUT2D eigenvalue weighted by Crippen LogP contribution is -2.32. The zero-order valence-corrected chi connectivity index (χ0v) is 17.5. The summed E-state index contributed by atoms with van der Waals surface area (Å²) >= 11 is 6.08. The van der Waals surface area contributed by atoms with E-state index in [0.29, 0.717) is 16.3 Å². The lowest BCUT2D eigenvalue weighted by atomic mass is 10.1. The van der Waals surface area contributed by atoms with E-state index < -0.39 is 0 Å². The average Bonchev–Trinajstić information content (AvgIpc) is 2.69. The summed E-state index contributed by atoms with van der Waals surface area (Å²) in [4.78, 5) is 26.8. The Bertz CT molecular complexity index is 817. The number of hydrogen-bond acceptors (Lipinski definition) is 3. The molecule has 28 heavy (non-hydrogen) atoms. The maximum absolute atomic E-state index is 12.7. The molecule has 0 spiro atoms. The van der Waals surface area contributed by atoms with Crippen LogP contribution in [-0.2, 0) is 4.79 Å². The van der Waals surface area contributed by atoms with E-state index in [9.17, 15) is 9.59 Å². The largest absolute Gasteiger partial charge is 0.376 e. The molecule has 5 nitrogen and oxygen atoms in total. The van der Waals surface area contributed by atoms with Crippen molar-refractivity contribution in [2.24, 2.45) is 0 Å². The van der Waals surface area contributed by atoms with Gasteiger partial charge in [-0.2, -0.15) is 0 Å². The van der Waals surface area contributed by atoms with Crippen molar-refractivity contribution < 1.29 is 9.59 Å². The van der Waals surface area contributed by atoms with E-state index >= 15 is 0 Å². The third-order valence-corrected chi connectivity index (χ3v) is 4.70. The summed E-state index contributed by atoms with van der Waals surface area (Å²) in [5.74, 6) is -0.165. The van der Waals surface area contributed by atoms with Crippen LogP contribution in [0.25, 0.3) is 0 Å². The van der Waals surface area contributed by atoms with Crippen LogP contribution >= 0.6 is 11.6 Å². The van der Waals surface area contributed by atoms with Gasteiger partial charge in [0.05, 0.1) is 6.54 Å². The highest BCUT2D eigenvalue weighted by molar-refractivity contribution is 6.31. The fraction of sp³-hybridized carbons (Fsp3) is 0.364. The van der Waals surface area contributed by atoms with E-state index in [1.54, 1.807) is 18.2 Å². The Labute approximate surface area is 172 Å². The van der Waals surface area contributed by atoms with Gasteiger partial charge in [-0.05, 0) is 55.7 Å². The minimum absolute atomic E-state index is 0.0195. The predicted molar refractivity (Wildman–Crippen MR) is 116 cm³/mol. The first-order valence-electron chi connectivity index (χ1n) is 9.63. The Morgan fingerprint density at radius 1 is 1.00 bits per heavy atom. The number of amides is 2. The second-order valence-electron chi connectivity index (χ2n) is 6.74. The van der Waals surface area contributed by atoms with Crippen molar-refractivity contribution >= 4 is 34.8 Å². The lowest BCUT2D eigenvalue weighted by Gasteiger charge is -2.21. The van der Waals surface area contributed by atoms with Gasteiger partial charge < -0.3 is 15.5 Å². The van der Waals surface area contributed by atoms with Crippen molar-refractivity contribution in [1.29, 1.82) is 0 Å². The molecule has 0 saturated carbocycles. The Morgan fingerprint density at radius 3 is 2.36 bits per heavy atom. The molecular weight excluding hydrogens is 374 g/mol. The molecule has 0 heterocycles. The molecule has 150 valence electrons. The van der Waals surface area contributed by atoms with Gasteiger partial charge in [-0.1, -0.05) is 37.6 Å². The second-order valence-corrected chi connectivity index (χ2v) is 7.15. The summed E-state index contributed by atoms with van der Waals surface area (Å²) < 4.78 is 0. The van der Waals surface area contributed by atoms with Gasteiger partial charge in [0.1, 0.15) is 0 Å². The van der Waals surface area contributed by atoms with Crippen LogP contribution in [0.3, 0.4) is 0 Å². The molecule has 0 aromatic heterocycles. The molecular formula is C22H28ClN3O2. The van der Waals surface area contributed by atoms with Crippen LogP contribution in [0.5, 0.6) is 0 Å². The van der Waals surface area contributed by atoms with Gasteiger partial charge in [0.2, 0.25) is 5.91 Å². The number of nitrogens with zero attached hydrogens (tertiary/aromatic N) is 1. The number of carbonyl (C=O) groups excluding carboxylic acids is 2. The minimum atomic E-state index is -0.185. The van der Waals surface area contributed by atoms with Crippen LogP contribution in [0.2, 0.25) is 5.02 Å². The highest BCUT2D eigenvalue weighted by atomic mass is 35.5. The Kier molecular flexibility index (Phi) is 8.33. The number of hydrogen-bond donors (Lipinski definition) is 2. The molecule has 2 N–H and O–H groups in total. The van der Waals surface area contributed by atoms with Crippen LogP contribution in [0, 0.1) is 6.92 Å². The first-order valence-corrected chi connectivity index (χ1v) is 10.0. The smallest absolute Gasteiger partial charge is 0.253 e. The van der Waals surface area contributed by atoms with Crippen molar-refractivity contribution in [3.8, 4) is 0 Å². The number of rotatable bonds is 9. The molecule has 6 heteroatoms. The number of aryl methyl sites for hydroxylation is 1. The van der Waals surface area contributed by atoms with Crippen LogP contribution in [0.4, 0.5) is 11.4 Å². The SMILES string of the molecule is CCCN(CCC)C(=O)c1cccc(NCC(=O)Nc2ccc(C)c(Cl)c2)c1. The van der Waals surface area contributed by atoms with Crippen LogP contribution < -0.4 is 10.6 Å². The summed E-state index contributed by atoms with van der Waals surface area (Å²) in [5, 5.41) is 6.49. The number of anilines is 2. The first kappa shape index (κ1) is 21.8. The molecule has 2 rings (SSSR count). The van der Waals surface area contributed by atoms with Gasteiger partial charge in [0.15, 0.2) is 0 Å². The average molecular weight is 402 g/mol. The van der Waals surface area contributed by atoms with Gasteiger partial charge in [0, 0.05) is 35.1 Å². The number of benzene rings is 2. The van der Waals surface area contributed by atoms with Crippen molar-refractivity contribution in [3.63, 3.8) is 0 Å². The van der Waals surface area contributed by atoms with Crippen molar-refractivity contribution in [2.45, 2.75) is 33.6 Å². The monoisotopic (exact) mass is 401 g/mol. The predicted octanol–water partition coefficient (Wildman–Crippen LogP) is 4.96. The lowest BCUT2D eigenvalue weighted by molar-refractivity contribution is -0.114. The maximum Gasteiger partial charge on any atom is 0.253 e. The second kappa shape index (κ2) is 10.7. The minimum Gasteiger partial charge on any atom is -0.376 e. The summed E-state index contributed by atoms with van der Waals surface area (Å²) in [6.07, 6.45) is 1.85. The molecule has 0 atom stereocenters. The van der Waals surface area contributed by atoms with Gasteiger partial charge in [-0.15, -0.1) is 0 Å². The van der Waals surface area contributed by atoms with E-state index in [-0.39, 0.29) is 18.4 Å². The first-order chi connectivity index (χ1) is 13.4. The number of nitrogens with one attached hydrogen (secondary N) is 2. The number of carbonyl (C=O) groups is 2. The Hall–Kier alpha value is -2.53. The highest BCUT2D eigenvalue weighted by Crippen LogP contribution is 2.20. The summed E-state index contributed by atoms with van der Waals surface area (Å²) in [7, 11) is 0. The van der Waals surface area contributed by atoms with Crippen LogP contribution in [0.15, 0.2) is 42.5 Å². The van der Waals surface area contributed by atoms with E-state index in [4.69, 9.17) is 11.6 Å². The molecule has 2 amide bonds. The van der Waals surface area contributed by atoms with Crippen molar-refractivity contribution in [1.82, 2.24) is 4.90 Å². The molecule has 0 radical (unpaired) electrons. The molecule has 0 saturated heterocycles. The van der Waals surface area contributed by atoms with Crippen LogP contribution in [0.1, 0.15) is 42.6 Å². The Balaban J connectivity index is 1.97. The zero-order chi connectivity index (χ0) is 20.5. The molecule has 0 aliphatic rings. The van der Waals surface area contributed by atoms with E-state index in [0.717, 1.165) is 37.2 Å². The highest BCUT2D eigenvalue weighted by Gasteiger charge is 2.14. The molecule has 0 fully saturated rings. The van der Waals surface area contributed by atoms with Crippen molar-refractivity contribution in [3.05, 3.63) is 58.6 Å².